The lowest BCUT2D eigenvalue weighted by Crippen LogP contribution is -2.44. The fourth-order valence-corrected chi connectivity index (χ4v) is 3.00. The Morgan fingerprint density at radius 1 is 1.47 bits per heavy atom. The summed E-state index contributed by atoms with van der Waals surface area (Å²) in [5.41, 5.74) is 0.463. The SMILES string of the molecule is CC[C@H](CN(C)CC(=O)O)[C@H]1CCC1(C)C.O=C=O. The van der Waals surface area contributed by atoms with E-state index < -0.39 is 5.97 Å². The summed E-state index contributed by atoms with van der Waals surface area (Å²) in [5, 5.41) is 8.74. The highest BCUT2D eigenvalue weighted by Gasteiger charge is 2.42. The van der Waals surface area contributed by atoms with Gasteiger partial charge in [0.05, 0.1) is 6.54 Å². The molecule has 0 saturated heterocycles. The van der Waals surface area contributed by atoms with Gasteiger partial charge in [-0.3, -0.25) is 9.69 Å². The fourth-order valence-electron chi connectivity index (χ4n) is 3.00. The Balaban J connectivity index is 0.000000982. The lowest BCUT2D eigenvalue weighted by atomic mass is 9.57. The van der Waals surface area contributed by atoms with E-state index in [1.807, 2.05) is 11.9 Å². The quantitative estimate of drug-likeness (QED) is 0.798. The van der Waals surface area contributed by atoms with Crippen LogP contribution in [0.1, 0.15) is 40.0 Å². The molecule has 0 radical (unpaired) electrons. The van der Waals surface area contributed by atoms with Gasteiger partial charge in [0.2, 0.25) is 0 Å². The lowest BCUT2D eigenvalue weighted by Gasteiger charge is -2.49. The van der Waals surface area contributed by atoms with Gasteiger partial charge in [0.15, 0.2) is 0 Å². The highest BCUT2D eigenvalue weighted by Crippen LogP contribution is 2.50. The molecule has 0 aromatic heterocycles. The van der Waals surface area contributed by atoms with Crippen molar-refractivity contribution in [2.45, 2.75) is 40.0 Å². The number of carboxylic acid groups (broad SMARTS) is 1. The van der Waals surface area contributed by atoms with Crippen molar-refractivity contribution in [2.75, 3.05) is 20.1 Å². The second kappa shape index (κ2) is 8.08. The third kappa shape index (κ3) is 5.99. The third-order valence-corrected chi connectivity index (χ3v) is 4.15. The standard InChI is InChI=1S/C13H25NO2.CO2/c1-5-10(8-14(4)9-12(15)16)11-6-7-13(11,2)3;2-1-3/h10-11H,5-9H2,1-4H3,(H,15,16);/t10-,11-;/m1./s1. The summed E-state index contributed by atoms with van der Waals surface area (Å²) in [6.07, 6.45) is 4.03. The van der Waals surface area contributed by atoms with Crippen LogP contribution in [0.15, 0.2) is 0 Å². The molecule has 0 heterocycles. The van der Waals surface area contributed by atoms with Crippen molar-refractivity contribution < 1.29 is 19.5 Å². The van der Waals surface area contributed by atoms with E-state index in [2.05, 4.69) is 20.8 Å². The molecule has 1 aliphatic rings. The Hall–Kier alpha value is -1.19. The van der Waals surface area contributed by atoms with Gasteiger partial charge in [-0.15, -0.1) is 0 Å². The van der Waals surface area contributed by atoms with Gasteiger partial charge in [0.1, 0.15) is 0 Å². The Bertz CT molecular complexity index is 321. The minimum atomic E-state index is -0.731. The summed E-state index contributed by atoms with van der Waals surface area (Å²) in [6.45, 7) is 7.95. The molecular weight excluding hydrogens is 246 g/mol. The van der Waals surface area contributed by atoms with Crippen molar-refractivity contribution in [3.63, 3.8) is 0 Å². The zero-order valence-corrected chi connectivity index (χ0v) is 12.3. The first-order valence-electron chi connectivity index (χ1n) is 6.68. The molecule has 5 heteroatoms. The highest BCUT2D eigenvalue weighted by molar-refractivity contribution is 5.68. The molecule has 1 rings (SSSR count). The molecule has 1 fully saturated rings. The number of carbonyl (C=O) groups excluding carboxylic acids is 2. The van der Waals surface area contributed by atoms with Crippen molar-refractivity contribution >= 4 is 12.1 Å². The summed E-state index contributed by atoms with van der Waals surface area (Å²) < 4.78 is 0. The number of hydrogen-bond acceptors (Lipinski definition) is 4. The van der Waals surface area contributed by atoms with Crippen molar-refractivity contribution in [3.8, 4) is 0 Å². The van der Waals surface area contributed by atoms with E-state index in [1.54, 1.807) is 0 Å². The van der Waals surface area contributed by atoms with Gasteiger partial charge in [-0.1, -0.05) is 27.2 Å². The number of carbonyl (C=O) groups is 1. The van der Waals surface area contributed by atoms with Gasteiger partial charge >= 0.3 is 12.1 Å². The van der Waals surface area contributed by atoms with Crippen molar-refractivity contribution in [2.24, 2.45) is 17.3 Å². The molecule has 19 heavy (non-hydrogen) atoms. The van der Waals surface area contributed by atoms with Crippen molar-refractivity contribution in [1.29, 1.82) is 0 Å². The number of rotatable bonds is 6. The van der Waals surface area contributed by atoms with Gasteiger partial charge in [-0.25, -0.2) is 0 Å². The highest BCUT2D eigenvalue weighted by atomic mass is 16.4. The molecule has 0 spiro atoms. The molecule has 1 aliphatic carbocycles. The second-order valence-electron chi connectivity index (χ2n) is 5.98. The van der Waals surface area contributed by atoms with Crippen LogP contribution < -0.4 is 0 Å². The number of likely N-dealkylation sites (N-methyl/N-ethyl adjacent to an activating group) is 1. The topological polar surface area (TPSA) is 74.7 Å². The predicted molar refractivity (Wildman–Crippen MR) is 70.4 cm³/mol. The largest absolute Gasteiger partial charge is 0.480 e. The smallest absolute Gasteiger partial charge is 0.373 e. The molecule has 0 aromatic carbocycles. The van der Waals surface area contributed by atoms with Crippen molar-refractivity contribution in [1.82, 2.24) is 4.90 Å². The van der Waals surface area contributed by atoms with E-state index in [0.29, 0.717) is 11.3 Å². The molecule has 0 aliphatic heterocycles. The van der Waals surface area contributed by atoms with E-state index in [0.717, 1.165) is 18.9 Å². The maximum absolute atomic E-state index is 10.6. The van der Waals surface area contributed by atoms with Crippen LogP contribution in [-0.4, -0.2) is 42.3 Å². The monoisotopic (exact) mass is 271 g/mol. The lowest BCUT2D eigenvalue weighted by molar-refractivity contribution is -0.191. The molecule has 110 valence electrons. The molecule has 0 bridgehead atoms. The molecule has 1 N–H and O–H groups in total. The van der Waals surface area contributed by atoms with Crippen LogP contribution in [0.5, 0.6) is 0 Å². The molecule has 2 atom stereocenters. The summed E-state index contributed by atoms with van der Waals surface area (Å²) in [7, 11) is 1.91. The third-order valence-electron chi connectivity index (χ3n) is 4.15. The van der Waals surface area contributed by atoms with Crippen LogP contribution in [0.4, 0.5) is 0 Å². The Morgan fingerprint density at radius 3 is 2.26 bits per heavy atom. The Morgan fingerprint density at radius 2 is 2.00 bits per heavy atom. The summed E-state index contributed by atoms with van der Waals surface area (Å²) in [6, 6.07) is 0. The van der Waals surface area contributed by atoms with Crippen LogP contribution in [-0.2, 0) is 14.4 Å². The minimum absolute atomic E-state index is 0.156. The Kier molecular flexibility index (Phi) is 7.57. The van der Waals surface area contributed by atoms with E-state index in [4.69, 9.17) is 14.7 Å². The molecule has 0 unspecified atom stereocenters. The first-order chi connectivity index (χ1) is 8.78. The average Bonchev–Trinajstić information content (AvgIpc) is 2.26. The van der Waals surface area contributed by atoms with Gasteiger partial charge in [-0.05, 0) is 37.1 Å². The summed E-state index contributed by atoms with van der Waals surface area (Å²) in [5.74, 6) is 0.687. The molecule has 0 aromatic rings. The van der Waals surface area contributed by atoms with Crippen LogP contribution in [0.2, 0.25) is 0 Å². The fraction of sp³-hybridized carbons (Fsp3) is 0.857. The van der Waals surface area contributed by atoms with Crippen LogP contribution in [0, 0.1) is 17.3 Å². The van der Waals surface area contributed by atoms with E-state index in [-0.39, 0.29) is 12.7 Å². The molecule has 1 saturated carbocycles. The van der Waals surface area contributed by atoms with E-state index >= 15 is 0 Å². The number of aliphatic carboxylic acids is 1. The maximum Gasteiger partial charge on any atom is 0.373 e. The summed E-state index contributed by atoms with van der Waals surface area (Å²) >= 11 is 0. The zero-order valence-electron chi connectivity index (χ0n) is 12.3. The van der Waals surface area contributed by atoms with Gasteiger partial charge in [0, 0.05) is 6.54 Å². The van der Waals surface area contributed by atoms with Crippen LogP contribution >= 0.6 is 0 Å². The van der Waals surface area contributed by atoms with Crippen LogP contribution in [0.25, 0.3) is 0 Å². The second-order valence-corrected chi connectivity index (χ2v) is 5.98. The van der Waals surface area contributed by atoms with Gasteiger partial charge < -0.3 is 5.11 Å². The minimum Gasteiger partial charge on any atom is -0.480 e. The van der Waals surface area contributed by atoms with Gasteiger partial charge in [0.25, 0.3) is 0 Å². The summed E-state index contributed by atoms with van der Waals surface area (Å²) in [4.78, 5) is 28.8. The number of nitrogens with zero attached hydrogens (tertiary/aromatic N) is 1. The first-order valence-corrected chi connectivity index (χ1v) is 6.68. The average molecular weight is 271 g/mol. The molecule has 5 nitrogen and oxygen atoms in total. The normalized spacial score (nSPS) is 21.6. The number of carboxylic acids is 1. The van der Waals surface area contributed by atoms with E-state index in [1.165, 1.54) is 12.8 Å². The predicted octanol–water partition coefficient (Wildman–Crippen LogP) is 1.88. The van der Waals surface area contributed by atoms with Gasteiger partial charge in [-0.2, -0.15) is 9.59 Å². The van der Waals surface area contributed by atoms with Crippen LogP contribution in [0.3, 0.4) is 0 Å². The van der Waals surface area contributed by atoms with Crippen molar-refractivity contribution in [3.05, 3.63) is 0 Å². The molecule has 0 amide bonds. The first kappa shape index (κ1) is 17.8. The molecular formula is C14H25NO4. The maximum atomic E-state index is 10.6. The van der Waals surface area contributed by atoms with E-state index in [9.17, 15) is 4.79 Å². The number of hydrogen-bond donors (Lipinski definition) is 1. The zero-order chi connectivity index (χ0) is 15.1. The Labute approximate surface area is 115 Å².